The monoisotopic (exact) mass is 329 g/mol. The predicted molar refractivity (Wildman–Crippen MR) is 89.2 cm³/mol. The lowest BCUT2D eigenvalue weighted by molar-refractivity contribution is -0.114. The molecule has 118 valence electrons. The van der Waals surface area contributed by atoms with E-state index >= 15 is 0 Å². The van der Waals surface area contributed by atoms with E-state index in [9.17, 15) is 9.59 Å². The molecule has 0 atom stereocenters. The molecule has 1 aromatic carbocycles. The Morgan fingerprint density at radius 2 is 2.22 bits per heavy atom. The lowest BCUT2D eigenvalue weighted by Gasteiger charge is -2.08. The summed E-state index contributed by atoms with van der Waals surface area (Å²) < 4.78 is 7.24. The van der Waals surface area contributed by atoms with Crippen LogP contribution in [-0.2, 0) is 11.4 Å². The van der Waals surface area contributed by atoms with Gasteiger partial charge in [0.1, 0.15) is 12.4 Å². The average molecular weight is 329 g/mol. The summed E-state index contributed by atoms with van der Waals surface area (Å²) in [5.74, 6) is 0.455. The van der Waals surface area contributed by atoms with E-state index in [0.29, 0.717) is 22.1 Å². The minimum atomic E-state index is -0.143. The Kier molecular flexibility index (Phi) is 4.12. The number of aryl methyl sites for hydroxylation is 1. The molecule has 23 heavy (non-hydrogen) atoms. The van der Waals surface area contributed by atoms with Crippen LogP contribution in [0.1, 0.15) is 18.3 Å². The number of amides is 1. The van der Waals surface area contributed by atoms with Crippen LogP contribution in [0.5, 0.6) is 5.75 Å². The van der Waals surface area contributed by atoms with Crippen molar-refractivity contribution in [3.63, 3.8) is 0 Å². The minimum Gasteiger partial charge on any atom is -0.487 e. The van der Waals surface area contributed by atoms with Crippen LogP contribution in [-0.4, -0.2) is 15.3 Å². The number of carbonyl (C=O) groups is 1. The standard InChI is InChI=1S/C16H15N3O3S/c1-10-9-23-16-18-13(7-15(21)19(10)16)8-22-14-5-3-4-12(6-14)17-11(2)20/h3-7,9H,8H2,1-2H3,(H,17,20). The van der Waals surface area contributed by atoms with E-state index in [-0.39, 0.29) is 18.1 Å². The number of anilines is 1. The summed E-state index contributed by atoms with van der Waals surface area (Å²) in [7, 11) is 0. The Hall–Kier alpha value is -2.67. The molecule has 0 aliphatic carbocycles. The second-order valence-corrected chi connectivity index (χ2v) is 5.92. The van der Waals surface area contributed by atoms with E-state index in [4.69, 9.17) is 4.74 Å². The number of thiazole rings is 1. The van der Waals surface area contributed by atoms with Gasteiger partial charge in [0, 0.05) is 35.8 Å². The summed E-state index contributed by atoms with van der Waals surface area (Å²) in [6.07, 6.45) is 0. The largest absolute Gasteiger partial charge is 0.487 e. The van der Waals surface area contributed by atoms with Crippen molar-refractivity contribution in [2.45, 2.75) is 20.5 Å². The molecule has 2 aromatic heterocycles. The number of carbonyl (C=O) groups excluding carboxylic acids is 1. The Morgan fingerprint density at radius 1 is 1.39 bits per heavy atom. The van der Waals surface area contributed by atoms with Gasteiger partial charge in [-0.05, 0) is 19.1 Å². The molecule has 1 amide bonds. The first-order chi connectivity index (χ1) is 11.0. The van der Waals surface area contributed by atoms with Crippen LogP contribution in [0.2, 0.25) is 0 Å². The quantitative estimate of drug-likeness (QED) is 0.798. The van der Waals surface area contributed by atoms with Crippen molar-refractivity contribution in [3.05, 3.63) is 57.5 Å². The zero-order valence-electron chi connectivity index (χ0n) is 12.7. The topological polar surface area (TPSA) is 72.7 Å². The highest BCUT2D eigenvalue weighted by molar-refractivity contribution is 7.15. The molecule has 1 N–H and O–H groups in total. The van der Waals surface area contributed by atoms with Gasteiger partial charge < -0.3 is 10.1 Å². The summed E-state index contributed by atoms with van der Waals surface area (Å²) in [4.78, 5) is 28.2. The molecule has 2 heterocycles. The number of hydrogen-bond acceptors (Lipinski definition) is 5. The molecule has 3 aromatic rings. The van der Waals surface area contributed by atoms with Gasteiger partial charge in [-0.1, -0.05) is 6.07 Å². The molecule has 6 nitrogen and oxygen atoms in total. The maximum absolute atomic E-state index is 12.1. The van der Waals surface area contributed by atoms with Crippen molar-refractivity contribution in [1.82, 2.24) is 9.38 Å². The van der Waals surface area contributed by atoms with Crippen LogP contribution in [0, 0.1) is 6.92 Å². The Labute approximate surface area is 136 Å². The highest BCUT2D eigenvalue weighted by Crippen LogP contribution is 2.18. The summed E-state index contributed by atoms with van der Waals surface area (Å²) in [5.41, 5.74) is 1.99. The number of hydrogen-bond donors (Lipinski definition) is 1. The number of aromatic nitrogens is 2. The molecule has 0 aliphatic rings. The zero-order valence-corrected chi connectivity index (χ0v) is 13.5. The number of rotatable bonds is 4. The van der Waals surface area contributed by atoms with Crippen LogP contribution in [0.3, 0.4) is 0 Å². The van der Waals surface area contributed by atoms with Crippen LogP contribution < -0.4 is 15.6 Å². The molecule has 0 saturated heterocycles. The molecule has 0 aliphatic heterocycles. The summed E-state index contributed by atoms with van der Waals surface area (Å²) in [6.45, 7) is 3.51. The fourth-order valence-electron chi connectivity index (χ4n) is 2.20. The molecule has 0 spiro atoms. The van der Waals surface area contributed by atoms with E-state index in [1.54, 1.807) is 28.7 Å². The maximum atomic E-state index is 12.1. The van der Waals surface area contributed by atoms with Gasteiger partial charge in [-0.15, -0.1) is 11.3 Å². The van der Waals surface area contributed by atoms with Gasteiger partial charge in [0.05, 0.1) is 5.69 Å². The summed E-state index contributed by atoms with van der Waals surface area (Å²) in [6, 6.07) is 8.55. The average Bonchev–Trinajstić information content (AvgIpc) is 2.87. The molecular weight excluding hydrogens is 314 g/mol. The third-order valence-corrected chi connectivity index (χ3v) is 4.11. The number of nitrogens with zero attached hydrogens (tertiary/aromatic N) is 2. The summed E-state index contributed by atoms with van der Waals surface area (Å²) >= 11 is 1.42. The molecule has 0 radical (unpaired) electrons. The fraction of sp³-hybridized carbons (Fsp3) is 0.188. The van der Waals surface area contributed by atoms with Crippen LogP contribution in [0.4, 0.5) is 5.69 Å². The molecule has 0 unspecified atom stereocenters. The summed E-state index contributed by atoms with van der Waals surface area (Å²) in [5, 5.41) is 4.59. The highest BCUT2D eigenvalue weighted by atomic mass is 32.1. The van der Waals surface area contributed by atoms with Gasteiger partial charge in [0.2, 0.25) is 5.91 Å². The van der Waals surface area contributed by atoms with Gasteiger partial charge >= 0.3 is 0 Å². The van der Waals surface area contributed by atoms with Crippen molar-refractivity contribution < 1.29 is 9.53 Å². The lowest BCUT2D eigenvalue weighted by atomic mass is 10.3. The van der Waals surface area contributed by atoms with E-state index in [1.165, 1.54) is 24.3 Å². The Balaban J connectivity index is 1.78. The minimum absolute atomic E-state index is 0.112. The van der Waals surface area contributed by atoms with Crippen LogP contribution >= 0.6 is 11.3 Å². The van der Waals surface area contributed by atoms with Gasteiger partial charge in [0.25, 0.3) is 5.56 Å². The second-order valence-electron chi connectivity index (χ2n) is 5.08. The Morgan fingerprint density at radius 3 is 3.00 bits per heavy atom. The van der Waals surface area contributed by atoms with Gasteiger partial charge in [-0.2, -0.15) is 0 Å². The molecule has 0 saturated carbocycles. The van der Waals surface area contributed by atoms with Crippen molar-refractivity contribution in [2.24, 2.45) is 0 Å². The van der Waals surface area contributed by atoms with Crippen molar-refractivity contribution in [1.29, 1.82) is 0 Å². The third-order valence-electron chi connectivity index (χ3n) is 3.17. The predicted octanol–water partition coefficient (Wildman–Crippen LogP) is 2.60. The zero-order chi connectivity index (χ0) is 16.4. The van der Waals surface area contributed by atoms with Crippen molar-refractivity contribution in [2.75, 3.05) is 5.32 Å². The van der Waals surface area contributed by atoms with Crippen molar-refractivity contribution in [3.8, 4) is 5.75 Å². The normalized spacial score (nSPS) is 10.7. The highest BCUT2D eigenvalue weighted by Gasteiger charge is 2.07. The number of nitrogens with one attached hydrogen (secondary N) is 1. The van der Waals surface area contributed by atoms with Gasteiger partial charge in [0.15, 0.2) is 4.96 Å². The second kappa shape index (κ2) is 6.21. The number of fused-ring (bicyclic) bond motifs is 1. The van der Waals surface area contributed by atoms with Crippen LogP contribution in [0.25, 0.3) is 4.96 Å². The molecule has 0 fully saturated rings. The Bertz CT molecular complexity index is 930. The fourth-order valence-corrected chi connectivity index (χ4v) is 3.09. The first-order valence-corrected chi connectivity index (χ1v) is 7.88. The first kappa shape index (κ1) is 15.2. The smallest absolute Gasteiger partial charge is 0.259 e. The third kappa shape index (κ3) is 3.40. The maximum Gasteiger partial charge on any atom is 0.259 e. The van der Waals surface area contributed by atoms with E-state index in [1.807, 2.05) is 12.3 Å². The van der Waals surface area contributed by atoms with Gasteiger partial charge in [-0.3, -0.25) is 14.0 Å². The first-order valence-electron chi connectivity index (χ1n) is 7.00. The SMILES string of the molecule is CC(=O)Nc1cccc(OCc2cc(=O)n3c(C)csc3n2)c1. The number of ether oxygens (including phenoxy) is 1. The van der Waals surface area contributed by atoms with Crippen LogP contribution in [0.15, 0.2) is 40.5 Å². The molecule has 7 heteroatoms. The lowest BCUT2D eigenvalue weighted by Crippen LogP contribution is -2.16. The van der Waals surface area contributed by atoms with Crippen molar-refractivity contribution >= 4 is 27.9 Å². The number of benzene rings is 1. The van der Waals surface area contributed by atoms with E-state index in [2.05, 4.69) is 10.3 Å². The molecule has 0 bridgehead atoms. The molecular formula is C16H15N3O3S. The van der Waals surface area contributed by atoms with E-state index < -0.39 is 0 Å². The van der Waals surface area contributed by atoms with E-state index in [0.717, 1.165) is 5.69 Å². The molecule has 3 rings (SSSR count). The van der Waals surface area contributed by atoms with Gasteiger partial charge in [-0.25, -0.2) is 4.98 Å².